The molecule has 0 aliphatic rings. The smallest absolute Gasteiger partial charge is 0.269 e. The third-order valence-corrected chi connectivity index (χ3v) is 4.10. The summed E-state index contributed by atoms with van der Waals surface area (Å²) in [6, 6.07) is 11.2. The number of hydrogen-bond donors (Lipinski definition) is 1. The highest BCUT2D eigenvalue weighted by Crippen LogP contribution is 2.23. The lowest BCUT2D eigenvalue weighted by Crippen LogP contribution is -2.12. The van der Waals surface area contributed by atoms with E-state index in [-0.39, 0.29) is 11.6 Å². The number of halogens is 1. The third kappa shape index (κ3) is 3.51. The molecule has 1 N–H and O–H groups in total. The molecule has 126 valence electrons. The van der Waals surface area contributed by atoms with Crippen molar-refractivity contribution in [2.45, 2.75) is 6.92 Å². The van der Waals surface area contributed by atoms with Gasteiger partial charge in [-0.3, -0.25) is 14.9 Å². The molecule has 1 amide bonds. The fourth-order valence-corrected chi connectivity index (χ4v) is 2.42. The van der Waals surface area contributed by atoms with Crippen molar-refractivity contribution in [3.8, 4) is 5.69 Å². The average molecular weight is 357 g/mol. The van der Waals surface area contributed by atoms with Crippen molar-refractivity contribution in [3.63, 3.8) is 0 Å². The first-order valence-corrected chi connectivity index (χ1v) is 7.69. The third-order valence-electron chi connectivity index (χ3n) is 3.69. The number of nitrogens with zero attached hydrogens (tertiary/aromatic N) is 3. The molecule has 8 heteroatoms. The average Bonchev–Trinajstić information content (AvgIpc) is 3.09. The molecule has 0 fully saturated rings. The number of benzene rings is 2. The summed E-state index contributed by atoms with van der Waals surface area (Å²) in [4.78, 5) is 22.6. The minimum atomic E-state index is -0.473. The first kappa shape index (κ1) is 16.7. The Morgan fingerprint density at radius 1 is 1.24 bits per heavy atom. The van der Waals surface area contributed by atoms with E-state index in [0.717, 1.165) is 5.56 Å². The van der Waals surface area contributed by atoms with Gasteiger partial charge in [-0.1, -0.05) is 17.7 Å². The molecule has 0 spiro atoms. The lowest BCUT2D eigenvalue weighted by atomic mass is 10.2. The Labute approximate surface area is 148 Å². The highest BCUT2D eigenvalue weighted by molar-refractivity contribution is 6.31. The lowest BCUT2D eigenvalue weighted by molar-refractivity contribution is -0.384. The van der Waals surface area contributed by atoms with Gasteiger partial charge in [0.15, 0.2) is 0 Å². The number of carbonyl (C=O) groups is 1. The van der Waals surface area contributed by atoms with Crippen molar-refractivity contribution >= 4 is 28.9 Å². The van der Waals surface area contributed by atoms with Gasteiger partial charge in [-0.15, -0.1) is 0 Å². The number of anilines is 1. The fourth-order valence-electron chi connectivity index (χ4n) is 2.25. The van der Waals surface area contributed by atoms with E-state index in [1.165, 1.54) is 23.0 Å². The summed E-state index contributed by atoms with van der Waals surface area (Å²) in [5, 5.41) is 18.2. The van der Waals surface area contributed by atoms with Gasteiger partial charge in [-0.2, -0.15) is 5.10 Å². The van der Waals surface area contributed by atoms with Gasteiger partial charge in [-0.05, 0) is 36.8 Å². The Bertz CT molecular complexity index is 951. The van der Waals surface area contributed by atoms with Gasteiger partial charge in [0.1, 0.15) is 0 Å². The summed E-state index contributed by atoms with van der Waals surface area (Å²) in [6.45, 7) is 1.82. The van der Waals surface area contributed by atoms with Crippen LogP contribution in [0, 0.1) is 17.0 Å². The monoisotopic (exact) mass is 356 g/mol. The minimum Gasteiger partial charge on any atom is -0.322 e. The van der Waals surface area contributed by atoms with Crippen LogP contribution in [0.25, 0.3) is 5.69 Å². The Hall–Kier alpha value is -3.19. The van der Waals surface area contributed by atoms with Crippen LogP contribution in [0.4, 0.5) is 11.4 Å². The molecule has 3 aromatic rings. The molecule has 0 saturated heterocycles. The molecule has 0 aliphatic heterocycles. The van der Waals surface area contributed by atoms with E-state index in [1.54, 1.807) is 36.5 Å². The number of nitro groups is 1. The maximum absolute atomic E-state index is 12.4. The predicted molar refractivity (Wildman–Crippen MR) is 94.4 cm³/mol. The zero-order valence-corrected chi connectivity index (χ0v) is 13.9. The summed E-state index contributed by atoms with van der Waals surface area (Å²) in [6.07, 6.45) is 2.98. The van der Waals surface area contributed by atoms with E-state index in [2.05, 4.69) is 10.4 Å². The first-order chi connectivity index (χ1) is 12.0. The van der Waals surface area contributed by atoms with E-state index < -0.39 is 4.92 Å². The van der Waals surface area contributed by atoms with Crippen molar-refractivity contribution in [2.24, 2.45) is 0 Å². The van der Waals surface area contributed by atoms with E-state index >= 15 is 0 Å². The van der Waals surface area contributed by atoms with Gasteiger partial charge >= 0.3 is 0 Å². The maximum Gasteiger partial charge on any atom is 0.269 e. The SMILES string of the molecule is Cc1c(Cl)cccc1NC(=O)c1cnn(-c2ccc([N+](=O)[O-])cc2)c1. The number of amides is 1. The Balaban J connectivity index is 1.79. The van der Waals surface area contributed by atoms with Crippen molar-refractivity contribution in [2.75, 3.05) is 5.32 Å². The molecule has 0 unspecified atom stereocenters. The second-order valence-corrected chi connectivity index (χ2v) is 5.72. The molecule has 0 aliphatic carbocycles. The Kier molecular flexibility index (Phi) is 4.49. The topological polar surface area (TPSA) is 90.1 Å². The first-order valence-electron chi connectivity index (χ1n) is 7.31. The van der Waals surface area contributed by atoms with Crippen LogP contribution in [0.3, 0.4) is 0 Å². The second kappa shape index (κ2) is 6.74. The van der Waals surface area contributed by atoms with Crippen LogP contribution in [0.5, 0.6) is 0 Å². The van der Waals surface area contributed by atoms with Crippen LogP contribution < -0.4 is 5.32 Å². The van der Waals surface area contributed by atoms with E-state index in [4.69, 9.17) is 11.6 Å². The molecular weight excluding hydrogens is 344 g/mol. The largest absolute Gasteiger partial charge is 0.322 e. The van der Waals surface area contributed by atoms with Gasteiger partial charge < -0.3 is 5.32 Å². The highest BCUT2D eigenvalue weighted by atomic mass is 35.5. The lowest BCUT2D eigenvalue weighted by Gasteiger charge is -2.08. The summed E-state index contributed by atoms with van der Waals surface area (Å²) in [7, 11) is 0. The molecule has 3 rings (SSSR count). The van der Waals surface area contributed by atoms with Crippen LogP contribution >= 0.6 is 11.6 Å². The van der Waals surface area contributed by atoms with Crippen LogP contribution in [-0.4, -0.2) is 20.6 Å². The number of aromatic nitrogens is 2. The zero-order valence-electron chi connectivity index (χ0n) is 13.1. The highest BCUT2D eigenvalue weighted by Gasteiger charge is 2.12. The molecule has 2 aromatic carbocycles. The Morgan fingerprint density at radius 2 is 1.96 bits per heavy atom. The summed E-state index contributed by atoms with van der Waals surface area (Å²) in [5.41, 5.74) is 2.37. The summed E-state index contributed by atoms with van der Waals surface area (Å²) in [5.74, 6) is -0.321. The maximum atomic E-state index is 12.4. The quantitative estimate of drug-likeness (QED) is 0.565. The molecule has 0 radical (unpaired) electrons. The van der Waals surface area contributed by atoms with E-state index in [1.807, 2.05) is 6.92 Å². The number of non-ortho nitro benzene ring substituents is 1. The van der Waals surface area contributed by atoms with Crippen molar-refractivity contribution in [3.05, 3.63) is 81.1 Å². The minimum absolute atomic E-state index is 0.00898. The van der Waals surface area contributed by atoms with Gasteiger partial charge in [0, 0.05) is 29.0 Å². The number of rotatable bonds is 4. The number of nitro benzene ring substituents is 1. The van der Waals surface area contributed by atoms with Crippen LogP contribution in [0.2, 0.25) is 5.02 Å². The number of carbonyl (C=O) groups excluding carboxylic acids is 1. The number of hydrogen-bond acceptors (Lipinski definition) is 4. The van der Waals surface area contributed by atoms with Gasteiger partial charge in [0.2, 0.25) is 0 Å². The van der Waals surface area contributed by atoms with Crippen molar-refractivity contribution in [1.29, 1.82) is 0 Å². The zero-order chi connectivity index (χ0) is 18.0. The Morgan fingerprint density at radius 3 is 2.64 bits per heavy atom. The molecular formula is C17H13ClN4O3. The van der Waals surface area contributed by atoms with Crippen LogP contribution in [0.15, 0.2) is 54.9 Å². The van der Waals surface area contributed by atoms with E-state index in [9.17, 15) is 14.9 Å². The van der Waals surface area contributed by atoms with Crippen LogP contribution in [-0.2, 0) is 0 Å². The normalized spacial score (nSPS) is 10.5. The molecule has 0 bridgehead atoms. The van der Waals surface area contributed by atoms with Crippen molar-refractivity contribution < 1.29 is 9.72 Å². The predicted octanol–water partition coefficient (Wildman–Crippen LogP) is 3.99. The number of nitrogens with one attached hydrogen (secondary N) is 1. The summed E-state index contributed by atoms with van der Waals surface area (Å²) < 4.78 is 1.48. The molecule has 0 atom stereocenters. The molecule has 25 heavy (non-hydrogen) atoms. The molecule has 7 nitrogen and oxygen atoms in total. The standard InChI is InChI=1S/C17H13ClN4O3/c1-11-15(18)3-2-4-16(11)20-17(23)12-9-19-21(10-12)13-5-7-14(8-6-13)22(24)25/h2-10H,1H3,(H,20,23). The molecule has 0 saturated carbocycles. The molecule has 1 aromatic heterocycles. The second-order valence-electron chi connectivity index (χ2n) is 5.31. The van der Waals surface area contributed by atoms with Crippen LogP contribution in [0.1, 0.15) is 15.9 Å². The summed E-state index contributed by atoms with van der Waals surface area (Å²) >= 11 is 6.05. The van der Waals surface area contributed by atoms with Gasteiger partial charge in [0.25, 0.3) is 11.6 Å². The fraction of sp³-hybridized carbons (Fsp3) is 0.0588. The molecule has 1 heterocycles. The van der Waals surface area contributed by atoms with Gasteiger partial charge in [-0.25, -0.2) is 4.68 Å². The van der Waals surface area contributed by atoms with E-state index in [0.29, 0.717) is 22.0 Å². The van der Waals surface area contributed by atoms with Gasteiger partial charge in [0.05, 0.1) is 22.4 Å². The van der Waals surface area contributed by atoms with Crippen molar-refractivity contribution in [1.82, 2.24) is 9.78 Å².